The predicted octanol–water partition coefficient (Wildman–Crippen LogP) is 4.21. The molecule has 0 aromatic heterocycles. The second-order valence-corrected chi connectivity index (χ2v) is 7.91. The van der Waals surface area contributed by atoms with Crippen LogP contribution in [0.1, 0.15) is 12.0 Å². The van der Waals surface area contributed by atoms with Crippen LogP contribution in [0.25, 0.3) is 0 Å². The van der Waals surface area contributed by atoms with Crippen LogP contribution < -0.4 is 19.7 Å². The van der Waals surface area contributed by atoms with Crippen LogP contribution in [0.4, 0.5) is 20.6 Å². The van der Waals surface area contributed by atoms with Crippen LogP contribution in [0.15, 0.2) is 72.8 Å². The highest BCUT2D eigenvalue weighted by atomic mass is 19.1. The molecule has 1 saturated heterocycles. The van der Waals surface area contributed by atoms with E-state index in [0.717, 1.165) is 4.90 Å². The van der Waals surface area contributed by atoms with E-state index in [1.807, 2.05) is 0 Å². The summed E-state index contributed by atoms with van der Waals surface area (Å²) in [6.07, 6.45) is -0.252. The lowest BCUT2D eigenvalue weighted by atomic mass is 10.1. The Kier molecular flexibility index (Phi) is 6.96. The first-order valence-electron chi connectivity index (χ1n) is 10.9. The summed E-state index contributed by atoms with van der Waals surface area (Å²) in [7, 11) is 3.03. The van der Waals surface area contributed by atoms with E-state index in [9.17, 15) is 18.8 Å². The largest absolute Gasteiger partial charge is 0.497 e. The molecule has 1 unspecified atom stereocenters. The molecular weight excluding hydrogens is 453 g/mol. The Bertz CT molecular complexity index is 1230. The maximum absolute atomic E-state index is 13.4. The highest BCUT2D eigenvalue weighted by Gasteiger charge is 2.46. The van der Waals surface area contributed by atoms with Crippen LogP contribution in [0.5, 0.6) is 11.5 Å². The number of urea groups is 1. The number of ether oxygens (including phenoxy) is 2. The quantitative estimate of drug-likeness (QED) is 0.491. The molecule has 180 valence electrons. The first-order valence-corrected chi connectivity index (χ1v) is 10.9. The van der Waals surface area contributed by atoms with Crippen LogP contribution in [-0.4, -0.2) is 43.0 Å². The number of anilines is 2. The predicted molar refractivity (Wildman–Crippen MR) is 128 cm³/mol. The van der Waals surface area contributed by atoms with Crippen molar-refractivity contribution in [3.63, 3.8) is 0 Å². The van der Waals surface area contributed by atoms with Crippen molar-refractivity contribution in [2.24, 2.45) is 0 Å². The van der Waals surface area contributed by atoms with Gasteiger partial charge in [-0.25, -0.2) is 14.1 Å². The number of hydrogen-bond donors (Lipinski definition) is 1. The van der Waals surface area contributed by atoms with Crippen molar-refractivity contribution in [2.75, 3.05) is 24.4 Å². The van der Waals surface area contributed by atoms with Crippen LogP contribution in [0.3, 0.4) is 0 Å². The summed E-state index contributed by atoms with van der Waals surface area (Å²) in [5, 5.41) is 2.75. The van der Waals surface area contributed by atoms with Crippen molar-refractivity contribution in [3.05, 3.63) is 84.2 Å². The minimum atomic E-state index is -1.04. The number of amides is 4. The first-order chi connectivity index (χ1) is 16.9. The molecule has 1 N–H and O–H groups in total. The molecule has 8 nitrogen and oxygen atoms in total. The van der Waals surface area contributed by atoms with E-state index in [1.165, 1.54) is 36.3 Å². The van der Waals surface area contributed by atoms with Gasteiger partial charge in [0, 0.05) is 18.3 Å². The Morgan fingerprint density at radius 1 is 0.943 bits per heavy atom. The second-order valence-electron chi connectivity index (χ2n) is 7.91. The molecule has 1 aliphatic heterocycles. The number of carbonyl (C=O) groups is 3. The zero-order chi connectivity index (χ0) is 24.9. The van der Waals surface area contributed by atoms with E-state index < -0.39 is 29.7 Å². The van der Waals surface area contributed by atoms with Crippen molar-refractivity contribution in [1.29, 1.82) is 0 Å². The minimum Gasteiger partial charge on any atom is -0.497 e. The Morgan fingerprint density at radius 2 is 1.63 bits per heavy atom. The number of nitrogens with one attached hydrogen (secondary N) is 1. The standard InChI is InChI=1S/C26H24FN3O5/c1-34-21-12-10-19(11-13-21)28-24(31)15-23-25(32)30(20-4-3-5-22(14-20)35-2)26(33)29(23)16-17-6-8-18(27)9-7-17/h3-14,23H,15-16H2,1-2H3,(H,28,31). The number of imide groups is 1. The van der Waals surface area contributed by atoms with Gasteiger partial charge in [0.25, 0.3) is 5.91 Å². The normalized spacial score (nSPS) is 15.3. The lowest BCUT2D eigenvalue weighted by Gasteiger charge is -2.21. The van der Waals surface area contributed by atoms with Gasteiger partial charge in [-0.05, 0) is 54.1 Å². The minimum absolute atomic E-state index is 0.0335. The molecule has 0 radical (unpaired) electrons. The Hall–Kier alpha value is -4.40. The number of benzene rings is 3. The fourth-order valence-electron chi connectivity index (χ4n) is 3.85. The van der Waals surface area contributed by atoms with Gasteiger partial charge in [-0.1, -0.05) is 18.2 Å². The van der Waals surface area contributed by atoms with Crippen molar-refractivity contribution in [1.82, 2.24) is 4.90 Å². The summed E-state index contributed by atoms with van der Waals surface area (Å²) in [6, 6.07) is 17.3. The van der Waals surface area contributed by atoms with Crippen molar-refractivity contribution in [3.8, 4) is 11.5 Å². The summed E-state index contributed by atoms with van der Waals surface area (Å²) in [6.45, 7) is 0.0335. The summed E-state index contributed by atoms with van der Waals surface area (Å²) >= 11 is 0. The van der Waals surface area contributed by atoms with Gasteiger partial charge in [0.05, 0.1) is 26.3 Å². The summed E-state index contributed by atoms with van der Waals surface area (Å²) < 4.78 is 23.7. The fraction of sp³-hybridized carbons (Fsp3) is 0.192. The van der Waals surface area contributed by atoms with Gasteiger partial charge in [-0.2, -0.15) is 0 Å². The molecule has 0 aliphatic carbocycles. The molecule has 1 aliphatic rings. The van der Waals surface area contributed by atoms with E-state index in [-0.39, 0.29) is 13.0 Å². The maximum Gasteiger partial charge on any atom is 0.332 e. The number of nitrogens with zero attached hydrogens (tertiary/aromatic N) is 2. The topological polar surface area (TPSA) is 88.2 Å². The summed E-state index contributed by atoms with van der Waals surface area (Å²) in [5.74, 6) is -0.257. The molecule has 4 amide bonds. The molecule has 1 fully saturated rings. The van der Waals surface area contributed by atoms with Gasteiger partial charge in [0.2, 0.25) is 5.91 Å². The average molecular weight is 477 g/mol. The third-order valence-corrected chi connectivity index (χ3v) is 5.65. The number of rotatable bonds is 8. The molecule has 3 aromatic rings. The Labute approximate surface area is 201 Å². The molecule has 0 saturated carbocycles. The molecule has 3 aromatic carbocycles. The first kappa shape index (κ1) is 23.7. The van der Waals surface area contributed by atoms with Crippen molar-refractivity contribution >= 4 is 29.2 Å². The molecule has 4 rings (SSSR count). The van der Waals surface area contributed by atoms with Crippen LogP contribution in [-0.2, 0) is 16.1 Å². The monoisotopic (exact) mass is 477 g/mol. The number of hydrogen-bond acceptors (Lipinski definition) is 5. The zero-order valence-corrected chi connectivity index (χ0v) is 19.2. The molecule has 9 heteroatoms. The number of carbonyl (C=O) groups excluding carboxylic acids is 3. The Balaban J connectivity index is 1.59. The lowest BCUT2D eigenvalue weighted by Crippen LogP contribution is -2.37. The smallest absolute Gasteiger partial charge is 0.332 e. The molecular formula is C26H24FN3O5. The van der Waals surface area contributed by atoms with Crippen LogP contribution >= 0.6 is 0 Å². The van der Waals surface area contributed by atoms with E-state index in [4.69, 9.17) is 9.47 Å². The highest BCUT2D eigenvalue weighted by molar-refractivity contribution is 6.22. The number of methoxy groups -OCH3 is 2. The fourth-order valence-corrected chi connectivity index (χ4v) is 3.85. The SMILES string of the molecule is COc1ccc(NC(=O)CC2C(=O)N(c3cccc(OC)c3)C(=O)N2Cc2ccc(F)cc2)cc1. The third-order valence-electron chi connectivity index (χ3n) is 5.65. The molecule has 1 atom stereocenters. The average Bonchev–Trinajstić information content (AvgIpc) is 3.09. The van der Waals surface area contributed by atoms with Crippen LogP contribution in [0.2, 0.25) is 0 Å². The summed E-state index contributed by atoms with van der Waals surface area (Å²) in [5.41, 5.74) is 1.49. The van der Waals surface area contributed by atoms with Gasteiger partial charge in [0.1, 0.15) is 23.4 Å². The van der Waals surface area contributed by atoms with Crippen molar-refractivity contribution < 1.29 is 28.2 Å². The van der Waals surface area contributed by atoms with Gasteiger partial charge < -0.3 is 19.7 Å². The van der Waals surface area contributed by atoms with E-state index in [1.54, 1.807) is 55.6 Å². The molecule has 1 heterocycles. The number of halogens is 1. The molecule has 0 spiro atoms. The second kappa shape index (κ2) is 10.3. The lowest BCUT2D eigenvalue weighted by molar-refractivity contribution is -0.124. The van der Waals surface area contributed by atoms with Crippen LogP contribution in [0, 0.1) is 5.82 Å². The van der Waals surface area contributed by atoms with Gasteiger partial charge >= 0.3 is 6.03 Å². The van der Waals surface area contributed by atoms with E-state index in [0.29, 0.717) is 28.4 Å². The van der Waals surface area contributed by atoms with E-state index in [2.05, 4.69) is 5.32 Å². The maximum atomic E-state index is 13.4. The van der Waals surface area contributed by atoms with Gasteiger partial charge in [-0.3, -0.25) is 9.59 Å². The zero-order valence-electron chi connectivity index (χ0n) is 19.2. The Morgan fingerprint density at radius 3 is 2.29 bits per heavy atom. The summed E-state index contributed by atoms with van der Waals surface area (Å²) in [4.78, 5) is 42.0. The van der Waals surface area contributed by atoms with Crippen molar-refractivity contribution in [2.45, 2.75) is 19.0 Å². The van der Waals surface area contributed by atoms with Gasteiger partial charge in [-0.15, -0.1) is 0 Å². The van der Waals surface area contributed by atoms with Gasteiger partial charge in [0.15, 0.2) is 0 Å². The highest BCUT2D eigenvalue weighted by Crippen LogP contribution is 2.30. The molecule has 35 heavy (non-hydrogen) atoms. The third kappa shape index (κ3) is 5.24. The van der Waals surface area contributed by atoms with E-state index >= 15 is 0 Å². The molecule has 0 bridgehead atoms.